The van der Waals surface area contributed by atoms with Crippen molar-refractivity contribution in [3.8, 4) is 0 Å². The first-order valence-corrected chi connectivity index (χ1v) is 6.20. The van der Waals surface area contributed by atoms with E-state index >= 15 is 0 Å². The molecule has 8 nitrogen and oxygen atoms in total. The third-order valence-electron chi connectivity index (χ3n) is 2.33. The lowest BCUT2D eigenvalue weighted by Crippen LogP contribution is -2.15. The van der Waals surface area contributed by atoms with E-state index in [1.165, 1.54) is 6.33 Å². The standard InChI is InChI=1S/C10H15ClN8/c1-19(2)10-16-8(11)15-9(17-10)12-5-3-4-7-13-6-14-18-7/h6H,3-5H2,1-2H3,(H,13,14,18)(H,12,15,16,17). The largest absolute Gasteiger partial charge is 0.354 e. The highest BCUT2D eigenvalue weighted by molar-refractivity contribution is 6.28. The summed E-state index contributed by atoms with van der Waals surface area (Å²) in [5.41, 5.74) is 0. The minimum Gasteiger partial charge on any atom is -0.354 e. The van der Waals surface area contributed by atoms with Gasteiger partial charge in [0.1, 0.15) is 12.2 Å². The number of nitrogens with one attached hydrogen (secondary N) is 2. The van der Waals surface area contributed by atoms with Crippen molar-refractivity contribution in [1.82, 2.24) is 30.1 Å². The molecule has 0 radical (unpaired) electrons. The van der Waals surface area contributed by atoms with Crippen molar-refractivity contribution in [1.29, 1.82) is 0 Å². The van der Waals surface area contributed by atoms with Gasteiger partial charge in [-0.2, -0.15) is 20.1 Å². The average Bonchev–Trinajstić information content (AvgIpc) is 2.87. The topological polar surface area (TPSA) is 95.5 Å². The molecule has 2 heterocycles. The minimum absolute atomic E-state index is 0.177. The van der Waals surface area contributed by atoms with Gasteiger partial charge >= 0.3 is 0 Å². The molecule has 0 atom stereocenters. The van der Waals surface area contributed by atoms with Crippen molar-refractivity contribution < 1.29 is 0 Å². The zero-order valence-corrected chi connectivity index (χ0v) is 11.5. The Morgan fingerprint density at radius 1 is 1.32 bits per heavy atom. The lowest BCUT2D eigenvalue weighted by atomic mass is 10.3. The number of H-pyrrole nitrogens is 1. The first-order valence-electron chi connectivity index (χ1n) is 5.82. The van der Waals surface area contributed by atoms with Gasteiger partial charge in [-0.15, -0.1) is 0 Å². The molecule has 0 aliphatic carbocycles. The maximum atomic E-state index is 5.84. The van der Waals surface area contributed by atoms with Crippen LogP contribution < -0.4 is 10.2 Å². The summed E-state index contributed by atoms with van der Waals surface area (Å²) in [4.78, 5) is 18.1. The number of aryl methyl sites for hydroxylation is 1. The maximum absolute atomic E-state index is 5.84. The number of aromatic amines is 1. The van der Waals surface area contributed by atoms with Gasteiger partial charge in [0.15, 0.2) is 0 Å². The second-order valence-corrected chi connectivity index (χ2v) is 4.42. The van der Waals surface area contributed by atoms with E-state index in [0.29, 0.717) is 18.4 Å². The fourth-order valence-electron chi connectivity index (χ4n) is 1.43. The molecule has 9 heteroatoms. The summed E-state index contributed by atoms with van der Waals surface area (Å²) >= 11 is 5.84. The predicted octanol–water partition coefficient (Wildman–Crippen LogP) is 0.754. The molecule has 2 rings (SSSR count). The monoisotopic (exact) mass is 282 g/mol. The van der Waals surface area contributed by atoms with E-state index in [-0.39, 0.29) is 5.28 Å². The van der Waals surface area contributed by atoms with E-state index in [2.05, 4.69) is 35.5 Å². The highest BCUT2D eigenvalue weighted by Crippen LogP contribution is 2.11. The Bertz CT molecular complexity index is 512. The van der Waals surface area contributed by atoms with Gasteiger partial charge in [-0.25, -0.2) is 4.98 Å². The van der Waals surface area contributed by atoms with Crippen LogP contribution in [0.25, 0.3) is 0 Å². The molecule has 0 saturated heterocycles. The fraction of sp³-hybridized carbons (Fsp3) is 0.500. The maximum Gasteiger partial charge on any atom is 0.230 e. The smallest absolute Gasteiger partial charge is 0.230 e. The number of hydrogen-bond donors (Lipinski definition) is 2. The molecule has 0 aliphatic heterocycles. The van der Waals surface area contributed by atoms with Gasteiger partial charge in [0.25, 0.3) is 0 Å². The minimum atomic E-state index is 0.177. The van der Waals surface area contributed by atoms with Crippen LogP contribution in [0.15, 0.2) is 6.33 Å². The third kappa shape index (κ3) is 4.02. The van der Waals surface area contributed by atoms with E-state index in [9.17, 15) is 0 Å². The van der Waals surface area contributed by atoms with E-state index in [1.54, 1.807) is 4.90 Å². The molecule has 0 fully saturated rings. The zero-order valence-electron chi connectivity index (χ0n) is 10.8. The van der Waals surface area contributed by atoms with Crippen molar-refractivity contribution in [2.75, 3.05) is 30.9 Å². The summed E-state index contributed by atoms with van der Waals surface area (Å²) in [6.07, 6.45) is 3.19. The molecule has 0 bridgehead atoms. The molecule has 102 valence electrons. The van der Waals surface area contributed by atoms with Crippen LogP contribution in [-0.2, 0) is 6.42 Å². The number of nitrogens with zero attached hydrogens (tertiary/aromatic N) is 6. The lowest BCUT2D eigenvalue weighted by Gasteiger charge is -2.11. The van der Waals surface area contributed by atoms with E-state index in [0.717, 1.165) is 18.7 Å². The van der Waals surface area contributed by atoms with Crippen molar-refractivity contribution in [2.45, 2.75) is 12.8 Å². The summed E-state index contributed by atoms with van der Waals surface area (Å²) in [7, 11) is 3.69. The summed E-state index contributed by atoms with van der Waals surface area (Å²) in [5.74, 6) is 1.86. The van der Waals surface area contributed by atoms with Gasteiger partial charge in [-0.3, -0.25) is 5.10 Å². The first-order chi connectivity index (χ1) is 9.15. The Morgan fingerprint density at radius 3 is 2.84 bits per heavy atom. The molecule has 2 aromatic heterocycles. The molecule has 2 N–H and O–H groups in total. The van der Waals surface area contributed by atoms with Crippen LogP contribution in [0, 0.1) is 0 Å². The summed E-state index contributed by atoms with van der Waals surface area (Å²) in [6.45, 7) is 0.716. The molecule has 0 saturated carbocycles. The Hall–Kier alpha value is -1.96. The molecule has 0 aliphatic rings. The highest BCUT2D eigenvalue weighted by Gasteiger charge is 2.06. The summed E-state index contributed by atoms with van der Waals surface area (Å²) in [6, 6.07) is 0. The van der Waals surface area contributed by atoms with E-state index < -0.39 is 0 Å². The Kier molecular flexibility index (Phi) is 4.45. The molecule has 0 aromatic carbocycles. The second-order valence-electron chi connectivity index (χ2n) is 4.08. The van der Waals surface area contributed by atoms with Crippen LogP contribution in [0.4, 0.5) is 11.9 Å². The fourth-order valence-corrected chi connectivity index (χ4v) is 1.58. The van der Waals surface area contributed by atoms with Crippen LogP contribution in [0.1, 0.15) is 12.2 Å². The summed E-state index contributed by atoms with van der Waals surface area (Å²) < 4.78 is 0. The molecule has 0 amide bonds. The van der Waals surface area contributed by atoms with Crippen molar-refractivity contribution in [2.24, 2.45) is 0 Å². The first kappa shape index (κ1) is 13.5. The van der Waals surface area contributed by atoms with Crippen LogP contribution in [0.5, 0.6) is 0 Å². The molecule has 19 heavy (non-hydrogen) atoms. The summed E-state index contributed by atoms with van der Waals surface area (Å²) in [5, 5.41) is 9.89. The van der Waals surface area contributed by atoms with Gasteiger partial charge in [0.05, 0.1) is 0 Å². The normalized spacial score (nSPS) is 10.5. The van der Waals surface area contributed by atoms with Crippen molar-refractivity contribution >= 4 is 23.5 Å². The Morgan fingerprint density at radius 2 is 2.16 bits per heavy atom. The molecular formula is C10H15ClN8. The second kappa shape index (κ2) is 6.28. The molecular weight excluding hydrogens is 268 g/mol. The average molecular weight is 283 g/mol. The molecule has 0 spiro atoms. The van der Waals surface area contributed by atoms with Crippen molar-refractivity contribution in [3.63, 3.8) is 0 Å². The molecule has 2 aromatic rings. The van der Waals surface area contributed by atoms with Gasteiger partial charge in [0.2, 0.25) is 17.2 Å². The van der Waals surface area contributed by atoms with Crippen molar-refractivity contribution in [3.05, 3.63) is 17.4 Å². The van der Waals surface area contributed by atoms with Gasteiger partial charge < -0.3 is 10.2 Å². The van der Waals surface area contributed by atoms with Crippen LogP contribution >= 0.6 is 11.6 Å². The van der Waals surface area contributed by atoms with Gasteiger partial charge in [-0.1, -0.05) is 0 Å². The third-order valence-corrected chi connectivity index (χ3v) is 2.50. The SMILES string of the molecule is CN(C)c1nc(Cl)nc(NCCCc2ncn[nH]2)n1. The number of anilines is 2. The highest BCUT2D eigenvalue weighted by atomic mass is 35.5. The predicted molar refractivity (Wildman–Crippen MR) is 72.4 cm³/mol. The number of hydrogen-bond acceptors (Lipinski definition) is 7. The lowest BCUT2D eigenvalue weighted by molar-refractivity contribution is 0.798. The number of rotatable bonds is 6. The van der Waals surface area contributed by atoms with E-state index in [4.69, 9.17) is 11.6 Å². The van der Waals surface area contributed by atoms with Gasteiger partial charge in [-0.05, 0) is 18.0 Å². The number of halogens is 1. The number of aromatic nitrogens is 6. The zero-order chi connectivity index (χ0) is 13.7. The van der Waals surface area contributed by atoms with Crippen LogP contribution in [-0.4, -0.2) is 50.8 Å². The van der Waals surface area contributed by atoms with E-state index in [1.807, 2.05) is 14.1 Å². The van der Waals surface area contributed by atoms with Crippen LogP contribution in [0.3, 0.4) is 0 Å². The molecule has 0 unspecified atom stereocenters. The Balaban J connectivity index is 1.85. The Labute approximate surface area is 115 Å². The van der Waals surface area contributed by atoms with Crippen LogP contribution in [0.2, 0.25) is 5.28 Å². The quantitative estimate of drug-likeness (QED) is 0.755. The van der Waals surface area contributed by atoms with Gasteiger partial charge in [0, 0.05) is 27.1 Å².